The van der Waals surface area contributed by atoms with Crippen LogP contribution in [0.25, 0.3) is 0 Å². The first-order valence-corrected chi connectivity index (χ1v) is 7.65. The minimum absolute atomic E-state index is 0.516. The summed E-state index contributed by atoms with van der Waals surface area (Å²) in [6.07, 6.45) is 0.882. The van der Waals surface area contributed by atoms with Crippen molar-refractivity contribution in [3.8, 4) is 0 Å². The highest BCUT2D eigenvalue weighted by molar-refractivity contribution is 5.06. The second kappa shape index (κ2) is 11.7. The van der Waals surface area contributed by atoms with Gasteiger partial charge in [-0.05, 0) is 31.0 Å². The van der Waals surface area contributed by atoms with Crippen molar-refractivity contribution in [3.63, 3.8) is 0 Å². The Labute approximate surface area is 127 Å². The van der Waals surface area contributed by atoms with Gasteiger partial charge in [0.2, 0.25) is 0 Å². The van der Waals surface area contributed by atoms with Crippen LogP contribution in [0.1, 0.15) is 31.8 Å². The molecule has 1 aromatic heterocycles. The van der Waals surface area contributed by atoms with E-state index in [9.17, 15) is 0 Å². The smallest absolute Gasteiger partial charge is 0.129 e. The van der Waals surface area contributed by atoms with Gasteiger partial charge in [-0.1, -0.05) is 13.8 Å². The molecule has 1 heterocycles. The maximum atomic E-state index is 5.69. The van der Waals surface area contributed by atoms with Crippen LogP contribution in [0.15, 0.2) is 16.5 Å². The van der Waals surface area contributed by atoms with Crippen LogP contribution in [0.2, 0.25) is 0 Å². The topological polar surface area (TPSA) is 52.9 Å². The van der Waals surface area contributed by atoms with Gasteiger partial charge in [-0.2, -0.15) is 0 Å². The molecule has 1 rings (SSSR count). The summed E-state index contributed by atoms with van der Waals surface area (Å²) in [4.78, 5) is 0. The highest BCUT2D eigenvalue weighted by Crippen LogP contribution is 2.09. The van der Waals surface area contributed by atoms with Crippen LogP contribution in [-0.4, -0.2) is 40.1 Å². The van der Waals surface area contributed by atoms with Gasteiger partial charge in [0.25, 0.3) is 0 Å². The van der Waals surface area contributed by atoms with Crippen molar-refractivity contribution in [2.45, 2.75) is 33.4 Å². The summed E-state index contributed by atoms with van der Waals surface area (Å²) >= 11 is 0. The van der Waals surface area contributed by atoms with Crippen molar-refractivity contribution < 1.29 is 18.6 Å². The Morgan fingerprint density at radius 1 is 1.05 bits per heavy atom. The third-order valence-electron chi connectivity index (χ3n) is 2.82. The number of hydrogen-bond acceptors (Lipinski definition) is 5. The molecule has 1 aromatic rings. The SMILES string of the molecule is COCCOCCCOCc1ccc(CNCC(C)C)o1. The Kier molecular flexibility index (Phi) is 10.2. The monoisotopic (exact) mass is 299 g/mol. The summed E-state index contributed by atoms with van der Waals surface area (Å²) < 4.78 is 21.5. The minimum atomic E-state index is 0.516. The Bertz CT molecular complexity index is 352. The lowest BCUT2D eigenvalue weighted by Gasteiger charge is -2.05. The molecule has 0 saturated carbocycles. The molecule has 0 atom stereocenters. The minimum Gasteiger partial charge on any atom is -0.462 e. The Morgan fingerprint density at radius 2 is 1.81 bits per heavy atom. The maximum absolute atomic E-state index is 5.69. The van der Waals surface area contributed by atoms with Crippen LogP contribution in [-0.2, 0) is 27.4 Å². The molecule has 0 bridgehead atoms. The van der Waals surface area contributed by atoms with Crippen molar-refractivity contribution in [2.24, 2.45) is 5.92 Å². The van der Waals surface area contributed by atoms with Gasteiger partial charge in [-0.15, -0.1) is 0 Å². The first-order valence-electron chi connectivity index (χ1n) is 7.65. The van der Waals surface area contributed by atoms with Gasteiger partial charge >= 0.3 is 0 Å². The molecule has 0 saturated heterocycles. The summed E-state index contributed by atoms with van der Waals surface area (Å²) in [5.41, 5.74) is 0. The van der Waals surface area contributed by atoms with E-state index >= 15 is 0 Å². The predicted octanol–water partition coefficient (Wildman–Crippen LogP) is 2.59. The third-order valence-corrected chi connectivity index (χ3v) is 2.82. The van der Waals surface area contributed by atoms with E-state index in [-0.39, 0.29) is 0 Å². The van der Waals surface area contributed by atoms with Crippen molar-refractivity contribution in [2.75, 3.05) is 40.1 Å². The fraction of sp³-hybridized carbons (Fsp3) is 0.750. The van der Waals surface area contributed by atoms with Gasteiger partial charge < -0.3 is 23.9 Å². The number of hydrogen-bond donors (Lipinski definition) is 1. The molecule has 1 N–H and O–H groups in total. The Morgan fingerprint density at radius 3 is 2.57 bits per heavy atom. The molecule has 21 heavy (non-hydrogen) atoms. The molecular formula is C16H29NO4. The average Bonchev–Trinajstić information content (AvgIpc) is 2.89. The molecule has 0 unspecified atom stereocenters. The predicted molar refractivity (Wildman–Crippen MR) is 82.2 cm³/mol. The number of ether oxygens (including phenoxy) is 3. The zero-order valence-corrected chi connectivity index (χ0v) is 13.5. The molecule has 0 spiro atoms. The lowest BCUT2D eigenvalue weighted by atomic mass is 10.2. The van der Waals surface area contributed by atoms with Crippen molar-refractivity contribution in [3.05, 3.63) is 23.7 Å². The Hall–Kier alpha value is -0.880. The highest BCUT2D eigenvalue weighted by Gasteiger charge is 2.02. The molecule has 0 amide bonds. The fourth-order valence-electron chi connectivity index (χ4n) is 1.76. The quantitative estimate of drug-likeness (QED) is 0.567. The van der Waals surface area contributed by atoms with Crippen LogP contribution in [0.4, 0.5) is 0 Å². The maximum Gasteiger partial charge on any atom is 0.129 e. The van der Waals surface area contributed by atoms with Gasteiger partial charge in [0.15, 0.2) is 0 Å². The van der Waals surface area contributed by atoms with E-state index in [2.05, 4.69) is 19.2 Å². The fourth-order valence-corrected chi connectivity index (χ4v) is 1.76. The number of rotatable bonds is 13. The van der Waals surface area contributed by atoms with Crippen LogP contribution < -0.4 is 5.32 Å². The second-order valence-electron chi connectivity index (χ2n) is 5.40. The second-order valence-corrected chi connectivity index (χ2v) is 5.40. The molecule has 5 heteroatoms. The van der Waals surface area contributed by atoms with Gasteiger partial charge in [0, 0.05) is 20.3 Å². The van der Waals surface area contributed by atoms with Gasteiger partial charge in [-0.3, -0.25) is 0 Å². The van der Waals surface area contributed by atoms with Crippen molar-refractivity contribution >= 4 is 0 Å². The van der Waals surface area contributed by atoms with Crippen LogP contribution in [0, 0.1) is 5.92 Å². The number of nitrogens with one attached hydrogen (secondary N) is 1. The number of methoxy groups -OCH3 is 1. The summed E-state index contributed by atoms with van der Waals surface area (Å²) in [5.74, 6) is 2.47. The molecule has 0 aromatic carbocycles. The van der Waals surface area contributed by atoms with E-state index in [1.54, 1.807) is 7.11 Å². The summed E-state index contributed by atoms with van der Waals surface area (Å²) in [7, 11) is 1.67. The molecular weight excluding hydrogens is 270 g/mol. The molecule has 0 aliphatic carbocycles. The largest absolute Gasteiger partial charge is 0.462 e. The molecule has 0 aliphatic heterocycles. The van der Waals surface area contributed by atoms with Gasteiger partial charge in [0.05, 0.1) is 19.8 Å². The summed E-state index contributed by atoms with van der Waals surface area (Å²) in [6, 6.07) is 3.97. The molecule has 122 valence electrons. The molecule has 5 nitrogen and oxygen atoms in total. The zero-order chi connectivity index (χ0) is 15.3. The van der Waals surface area contributed by atoms with E-state index in [4.69, 9.17) is 18.6 Å². The average molecular weight is 299 g/mol. The lowest BCUT2D eigenvalue weighted by Crippen LogP contribution is -2.18. The van der Waals surface area contributed by atoms with E-state index in [0.29, 0.717) is 39.0 Å². The zero-order valence-electron chi connectivity index (χ0n) is 13.5. The standard InChI is InChI=1S/C16H29NO4/c1-14(2)11-17-12-15-5-6-16(21-15)13-20-8-4-7-19-10-9-18-3/h5-6,14,17H,4,7-13H2,1-3H3. The van der Waals surface area contributed by atoms with E-state index in [1.165, 1.54) is 0 Å². The van der Waals surface area contributed by atoms with Gasteiger partial charge in [0.1, 0.15) is 18.1 Å². The summed E-state index contributed by atoms with van der Waals surface area (Å²) in [6.45, 7) is 9.31. The molecule has 0 fully saturated rings. The first-order chi connectivity index (χ1) is 10.2. The van der Waals surface area contributed by atoms with Crippen molar-refractivity contribution in [1.82, 2.24) is 5.32 Å². The normalized spacial score (nSPS) is 11.4. The summed E-state index contributed by atoms with van der Waals surface area (Å²) in [5, 5.41) is 3.35. The van der Waals surface area contributed by atoms with E-state index < -0.39 is 0 Å². The van der Waals surface area contributed by atoms with Gasteiger partial charge in [-0.25, -0.2) is 0 Å². The highest BCUT2D eigenvalue weighted by atomic mass is 16.5. The van der Waals surface area contributed by atoms with Crippen LogP contribution in [0.5, 0.6) is 0 Å². The third kappa shape index (κ3) is 9.63. The van der Waals surface area contributed by atoms with E-state index in [0.717, 1.165) is 31.0 Å². The van der Waals surface area contributed by atoms with E-state index in [1.807, 2.05) is 12.1 Å². The molecule has 0 aliphatic rings. The van der Waals surface area contributed by atoms with Crippen LogP contribution >= 0.6 is 0 Å². The molecule has 0 radical (unpaired) electrons. The number of furan rings is 1. The Balaban J connectivity index is 2.01. The van der Waals surface area contributed by atoms with Crippen molar-refractivity contribution in [1.29, 1.82) is 0 Å². The van der Waals surface area contributed by atoms with Crippen LogP contribution in [0.3, 0.4) is 0 Å². The lowest BCUT2D eigenvalue weighted by molar-refractivity contribution is 0.0451. The first kappa shape index (κ1) is 18.2.